The molecular formula is C59H59N5OPt+2. The predicted octanol–water partition coefficient (Wildman–Crippen LogP) is 14.7. The fourth-order valence-electron chi connectivity index (χ4n) is 12.0. The van der Waals surface area contributed by atoms with Gasteiger partial charge in [0.2, 0.25) is 5.69 Å². The second-order valence-electron chi connectivity index (χ2n) is 22.8. The summed E-state index contributed by atoms with van der Waals surface area (Å²) in [6.45, 7) is 20.5. The van der Waals surface area contributed by atoms with Crippen molar-refractivity contribution in [3.63, 3.8) is 0 Å². The van der Waals surface area contributed by atoms with E-state index >= 15 is 0 Å². The van der Waals surface area contributed by atoms with E-state index in [0.29, 0.717) is 17.1 Å². The molecule has 5 aliphatic rings. The average Bonchev–Trinajstić information content (AvgIpc) is 3.81. The van der Waals surface area contributed by atoms with Crippen molar-refractivity contribution in [1.29, 1.82) is 5.26 Å². The zero-order chi connectivity index (χ0) is 45.2. The second-order valence-corrected chi connectivity index (χ2v) is 22.8. The van der Waals surface area contributed by atoms with Crippen LogP contribution in [-0.4, -0.2) is 15.6 Å². The van der Waals surface area contributed by atoms with E-state index in [0.717, 1.165) is 62.4 Å². The molecule has 4 aliphatic carbocycles. The summed E-state index contributed by atoms with van der Waals surface area (Å²) in [5.74, 6) is 4.43. The van der Waals surface area contributed by atoms with Gasteiger partial charge in [0.25, 0.3) is 5.69 Å². The quantitative estimate of drug-likeness (QED) is 0.123. The molecule has 0 saturated heterocycles. The first kappa shape index (κ1) is 44.3. The molecule has 0 atom stereocenters. The number of rotatable bonds is 6. The molecule has 0 radical (unpaired) electrons. The minimum Gasteiger partial charge on any atom is -0.509 e. The number of nitrogens with zero attached hydrogens (tertiary/aromatic N) is 5. The van der Waals surface area contributed by atoms with Crippen molar-refractivity contribution < 1.29 is 25.8 Å². The SMILES string of the molecule is CC(C)(C)c1cc([N+]2=C=[N+](c3[c-]c(Oc4[c-]c5c(cc4)c4cc(C#N)ccc4n5-c4cc(C(C)(C)C)ccn4)ccc3)c3cccc(C45CC6CC(CC(C6)C4)C5)c32)cc(C(C)(C)C)c1.[Pt+2]. The summed E-state index contributed by atoms with van der Waals surface area (Å²) in [5, 5.41) is 11.8. The number of aromatic nitrogens is 2. The van der Waals surface area contributed by atoms with Crippen molar-refractivity contribution in [3.05, 3.63) is 143 Å². The van der Waals surface area contributed by atoms with Gasteiger partial charge in [-0.2, -0.15) is 17.4 Å². The van der Waals surface area contributed by atoms with Gasteiger partial charge in [-0.05, 0) is 130 Å². The van der Waals surface area contributed by atoms with Gasteiger partial charge in [-0.25, -0.2) is 4.98 Å². The molecule has 3 heterocycles. The fraction of sp³-hybridized carbons (Fsp3) is 0.373. The third kappa shape index (κ3) is 7.58. The maximum atomic E-state index is 9.84. The van der Waals surface area contributed by atoms with E-state index in [1.165, 1.54) is 66.5 Å². The van der Waals surface area contributed by atoms with Crippen molar-refractivity contribution in [2.24, 2.45) is 17.8 Å². The van der Waals surface area contributed by atoms with Crippen LogP contribution in [0.3, 0.4) is 0 Å². The van der Waals surface area contributed by atoms with Gasteiger partial charge in [0.1, 0.15) is 11.5 Å². The van der Waals surface area contributed by atoms with Gasteiger partial charge in [-0.1, -0.05) is 103 Å². The van der Waals surface area contributed by atoms with E-state index < -0.39 is 0 Å². The molecule has 0 unspecified atom stereocenters. The first-order chi connectivity index (χ1) is 30.9. The molecule has 2 aromatic heterocycles. The van der Waals surface area contributed by atoms with E-state index in [1.807, 2.05) is 42.6 Å². The smallest absolute Gasteiger partial charge is 0.509 e. The van der Waals surface area contributed by atoms with Gasteiger partial charge >= 0.3 is 32.8 Å². The van der Waals surface area contributed by atoms with Crippen molar-refractivity contribution in [3.8, 4) is 23.4 Å². The van der Waals surface area contributed by atoms with Crippen LogP contribution in [0.15, 0.2) is 103 Å². The summed E-state index contributed by atoms with van der Waals surface area (Å²) in [5.41, 5.74) is 12.2. The second kappa shape index (κ2) is 15.8. The molecule has 4 bridgehead atoms. The monoisotopic (exact) mass is 1050 g/mol. The fourth-order valence-corrected chi connectivity index (χ4v) is 12.0. The van der Waals surface area contributed by atoms with Gasteiger partial charge in [-0.3, -0.25) is 0 Å². The standard InChI is InChI=1S/C59H59N5O.Pt/c1-56(2,3)41-20-21-61-54(29-41)64-51-19-16-37(35-60)25-49(51)48-18-17-47(31-53(48)64)65-46-13-10-12-44(30-46)62-36-63(45-27-42(57(4,5)6)26-43(28-45)58(7,8)9)55-50(14-11-15-52(55)62)59-32-38-22-39(33-59)24-40(23-38)34-59;/h10-21,25-29,38-40H,22-24,32-34H2,1-9H3;/q;+2. The number of ether oxygens (including phenoxy) is 1. The molecule has 5 aromatic carbocycles. The van der Waals surface area contributed by atoms with Crippen molar-refractivity contribution in [2.45, 2.75) is 122 Å². The average molecular weight is 1050 g/mol. The van der Waals surface area contributed by atoms with Crippen LogP contribution >= 0.6 is 0 Å². The van der Waals surface area contributed by atoms with E-state index in [-0.39, 0.29) is 42.7 Å². The van der Waals surface area contributed by atoms with Gasteiger partial charge in [-0.15, -0.1) is 23.6 Å². The Hall–Kier alpha value is -5.59. The van der Waals surface area contributed by atoms with Crippen LogP contribution in [0.25, 0.3) is 27.6 Å². The Morgan fingerprint density at radius 2 is 1.35 bits per heavy atom. The summed E-state index contributed by atoms with van der Waals surface area (Å²) >= 11 is 0. The Kier molecular flexibility index (Phi) is 10.6. The van der Waals surface area contributed by atoms with Gasteiger partial charge in [0.15, 0.2) is 0 Å². The van der Waals surface area contributed by atoms with Crippen molar-refractivity contribution in [2.75, 3.05) is 0 Å². The van der Waals surface area contributed by atoms with Crippen LogP contribution in [0.2, 0.25) is 0 Å². The van der Waals surface area contributed by atoms with E-state index in [1.54, 1.807) is 0 Å². The Balaban J connectivity index is 0.00000511. The Morgan fingerprint density at radius 1 is 0.697 bits per heavy atom. The number of nitriles is 1. The summed E-state index contributed by atoms with van der Waals surface area (Å²) in [6.07, 6.45) is 9.94. The molecule has 1 aliphatic heterocycles. The number of hydrogen-bond donors (Lipinski definition) is 0. The largest absolute Gasteiger partial charge is 2.00 e. The molecule has 0 amide bonds. The molecular weight excluding hydrogens is 990 g/mol. The molecule has 4 fully saturated rings. The predicted molar refractivity (Wildman–Crippen MR) is 264 cm³/mol. The minimum absolute atomic E-state index is 0. The zero-order valence-electron chi connectivity index (χ0n) is 39.8. The molecule has 0 N–H and O–H groups in total. The van der Waals surface area contributed by atoms with E-state index in [4.69, 9.17) is 9.72 Å². The van der Waals surface area contributed by atoms with Crippen LogP contribution in [0.5, 0.6) is 11.5 Å². The number of para-hydroxylation sites is 1. The third-order valence-electron chi connectivity index (χ3n) is 15.0. The number of pyridine rings is 1. The van der Waals surface area contributed by atoms with Crippen LogP contribution in [0.4, 0.5) is 22.7 Å². The van der Waals surface area contributed by atoms with Crippen molar-refractivity contribution in [1.82, 2.24) is 18.7 Å². The zero-order valence-corrected chi connectivity index (χ0v) is 42.0. The molecule has 334 valence electrons. The molecule has 0 spiro atoms. The molecule has 6 nitrogen and oxygen atoms in total. The summed E-state index contributed by atoms with van der Waals surface area (Å²) in [7, 11) is 0. The third-order valence-corrected chi connectivity index (χ3v) is 15.0. The Bertz CT molecular complexity index is 3160. The first-order valence-corrected chi connectivity index (χ1v) is 23.7. The topological polar surface area (TPSA) is 56.9 Å². The summed E-state index contributed by atoms with van der Waals surface area (Å²) in [6, 6.07) is 48.0. The summed E-state index contributed by atoms with van der Waals surface area (Å²) < 4.78 is 13.5. The maximum Gasteiger partial charge on any atom is 2.00 e. The Morgan fingerprint density at radius 3 is 2.00 bits per heavy atom. The minimum atomic E-state index is -0.0623. The van der Waals surface area contributed by atoms with Crippen molar-refractivity contribution >= 4 is 50.6 Å². The van der Waals surface area contributed by atoms with Crippen LogP contribution < -0.4 is 13.9 Å². The Labute approximate surface area is 405 Å². The van der Waals surface area contributed by atoms with Crippen LogP contribution in [-0.2, 0) is 42.7 Å². The number of benzene rings is 5. The van der Waals surface area contributed by atoms with E-state index in [2.05, 4.69) is 161 Å². The molecule has 4 saturated carbocycles. The maximum absolute atomic E-state index is 9.84. The van der Waals surface area contributed by atoms with E-state index in [9.17, 15) is 5.26 Å². The molecule has 66 heavy (non-hydrogen) atoms. The summed E-state index contributed by atoms with van der Waals surface area (Å²) in [4.78, 5) is 4.86. The van der Waals surface area contributed by atoms with Gasteiger partial charge < -0.3 is 9.30 Å². The normalized spacial score (nSPS) is 21.1. The first-order valence-electron chi connectivity index (χ1n) is 23.7. The molecule has 7 aromatic rings. The number of fused-ring (bicyclic) bond motifs is 4. The van der Waals surface area contributed by atoms with Crippen LogP contribution in [0.1, 0.15) is 129 Å². The van der Waals surface area contributed by atoms with Crippen LogP contribution in [0, 0.1) is 41.2 Å². The molecule has 7 heteroatoms. The van der Waals surface area contributed by atoms with Gasteiger partial charge in [0.05, 0.1) is 11.6 Å². The molecule has 12 rings (SSSR count). The van der Waals surface area contributed by atoms with Gasteiger partial charge in [0, 0.05) is 52.4 Å². The number of hydrogen-bond acceptors (Lipinski definition) is 3.